The van der Waals surface area contributed by atoms with Crippen molar-refractivity contribution >= 4 is 17.7 Å². The normalized spacial score (nSPS) is 38.3. The molecule has 0 aliphatic carbocycles. The number of aliphatic hydroxyl groups excluding tert-OH is 19. The van der Waals surface area contributed by atoms with E-state index in [0.717, 1.165) is 65.2 Å². The summed E-state index contributed by atoms with van der Waals surface area (Å²) < 4.78 is 86.2. The number of hydrogen-bond donors (Lipinski definition) is 22. The Morgan fingerprint density at radius 3 is 1.16 bits per heavy atom. The lowest BCUT2D eigenvalue weighted by molar-refractivity contribution is -0.409. The number of ether oxygens (including phenoxy) is 14. The van der Waals surface area contributed by atoms with Gasteiger partial charge in [-0.25, -0.2) is 0 Å². The van der Waals surface area contributed by atoms with Gasteiger partial charge in [-0.15, -0.1) is 0 Å². The van der Waals surface area contributed by atoms with Crippen LogP contribution in [0.3, 0.4) is 0 Å². The number of allylic oxidation sites excluding steroid dienone is 1. The van der Waals surface area contributed by atoms with Crippen molar-refractivity contribution in [3.8, 4) is 0 Å². The number of carbonyl (C=O) groups excluding carboxylic acids is 3. The van der Waals surface area contributed by atoms with E-state index >= 15 is 0 Å². The van der Waals surface area contributed by atoms with Gasteiger partial charge in [-0.05, 0) is 33.1 Å². The van der Waals surface area contributed by atoms with Crippen molar-refractivity contribution in [2.24, 2.45) is 0 Å². The Hall–Kier alpha value is -3.17. The van der Waals surface area contributed by atoms with Crippen LogP contribution in [0.4, 0.5) is 0 Å². The molecule has 7 aliphatic rings. The van der Waals surface area contributed by atoms with Crippen LogP contribution in [0.15, 0.2) is 12.2 Å². The van der Waals surface area contributed by atoms with Gasteiger partial charge in [0.25, 0.3) is 0 Å². The highest BCUT2D eigenvalue weighted by Crippen LogP contribution is 2.41. The third-order valence-corrected chi connectivity index (χ3v) is 24.8. The van der Waals surface area contributed by atoms with E-state index in [4.69, 9.17) is 66.3 Å². The van der Waals surface area contributed by atoms with Crippen LogP contribution in [-0.4, -0.2) is 381 Å². The number of amides is 3. The maximum atomic E-state index is 13.7. The molecule has 0 spiro atoms. The standard InChI is InChI=1S/C86H155N3O36/c1-7-9-11-13-15-17-19-21-22-23-24-25-26-28-30-32-34-36-38-40-58(98)89-51(52(97)39-37-35-33-31-29-27-20-18-16-14-12-10-8-2)46-112-82-72(110)69(107)74(56(44-93)119-82)120-85-73(111)77(64(102)54(42-91)116-85)123-81-60(88-50(6)96)76(122-83-70(108)67(105)61(99)47(3)113-83)75(57(45-94)118-81)121-86-79(125-84-71(109)68(106)62(100)48(4)114-84)78(65(103)55(43-92)117-86)124-80-59(87-49(5)95)66(104)63(101)53(41-90)115-80/h37,39,47-48,51-57,59-86,90-94,97,99-111H,7-36,38,40-46H2,1-6H3,(H,87,95)(H,88,96)(H,89,98)/b39-37+/t47?,48?,51-,52+,53?,54?,55?,56?,57?,59?,60?,61+,62+,63-,64-,65-,66+,67?,68?,69+,70-,71-,72?,73?,74+,75+,76+,77-,78-,79?,80+,81-,82+,83+,84+,85-,86-/m0/s1. The van der Waals surface area contributed by atoms with E-state index in [1.54, 1.807) is 6.08 Å². The van der Waals surface area contributed by atoms with E-state index in [2.05, 4.69) is 29.8 Å². The minimum atomic E-state index is -2.32. The molecule has 0 radical (unpaired) electrons. The summed E-state index contributed by atoms with van der Waals surface area (Å²) in [5, 5.41) is 223. The third-order valence-electron chi connectivity index (χ3n) is 24.8. The van der Waals surface area contributed by atoms with E-state index in [1.165, 1.54) is 149 Å². The Balaban J connectivity index is 1.08. The van der Waals surface area contributed by atoms with E-state index < -0.39 is 278 Å². The molecule has 0 aromatic heterocycles. The van der Waals surface area contributed by atoms with Crippen LogP contribution in [0.25, 0.3) is 0 Å². The molecule has 7 heterocycles. The molecule has 14 unspecified atom stereocenters. The van der Waals surface area contributed by atoms with Crippen molar-refractivity contribution in [2.45, 2.75) is 474 Å². The van der Waals surface area contributed by atoms with Crippen LogP contribution in [0.2, 0.25) is 0 Å². The largest absolute Gasteiger partial charge is 0.394 e. The van der Waals surface area contributed by atoms with Crippen molar-refractivity contribution in [3.63, 3.8) is 0 Å². The Labute approximate surface area is 734 Å². The van der Waals surface area contributed by atoms with Crippen molar-refractivity contribution in [2.75, 3.05) is 39.6 Å². The van der Waals surface area contributed by atoms with E-state index in [1.807, 2.05) is 6.08 Å². The van der Waals surface area contributed by atoms with E-state index in [0.29, 0.717) is 12.8 Å². The summed E-state index contributed by atoms with van der Waals surface area (Å²) in [5.74, 6) is -2.15. The van der Waals surface area contributed by atoms with Gasteiger partial charge in [-0.1, -0.05) is 206 Å². The molecule has 39 heteroatoms. The van der Waals surface area contributed by atoms with Crippen LogP contribution in [-0.2, 0) is 80.7 Å². The molecule has 3 amide bonds. The molecule has 0 aromatic rings. The second-order valence-electron chi connectivity index (χ2n) is 34.8. The Kier molecular flexibility index (Phi) is 50.0. The first-order valence-electron chi connectivity index (χ1n) is 46.2. The summed E-state index contributed by atoms with van der Waals surface area (Å²) in [4.78, 5) is 40.1. The minimum absolute atomic E-state index is 0.152. The maximum absolute atomic E-state index is 13.7. The number of unbranched alkanes of at least 4 members (excludes halogenated alkanes) is 29. The molecule has 730 valence electrons. The Morgan fingerprint density at radius 1 is 0.328 bits per heavy atom. The summed E-state index contributed by atoms with van der Waals surface area (Å²) in [5.41, 5.74) is 0. The first-order valence-corrected chi connectivity index (χ1v) is 46.2. The lowest BCUT2D eigenvalue weighted by Crippen LogP contribution is -2.72. The molecular formula is C86H155N3O36. The van der Waals surface area contributed by atoms with Gasteiger partial charge >= 0.3 is 0 Å². The molecule has 0 aromatic carbocycles. The lowest BCUT2D eigenvalue weighted by atomic mass is 9.93. The highest BCUT2D eigenvalue weighted by molar-refractivity contribution is 5.76. The first kappa shape index (κ1) is 109. The van der Waals surface area contributed by atoms with Gasteiger partial charge in [0.1, 0.15) is 159 Å². The van der Waals surface area contributed by atoms with Crippen molar-refractivity contribution in [1.29, 1.82) is 0 Å². The van der Waals surface area contributed by atoms with Gasteiger partial charge in [0.05, 0.1) is 64.0 Å². The Morgan fingerprint density at radius 2 is 0.680 bits per heavy atom. The van der Waals surface area contributed by atoms with Crippen molar-refractivity contribution in [1.82, 2.24) is 16.0 Å². The zero-order valence-electron chi connectivity index (χ0n) is 73.8. The summed E-state index contributed by atoms with van der Waals surface area (Å²) >= 11 is 0. The number of rotatable bonds is 57. The zero-order chi connectivity index (χ0) is 91.4. The SMILES string of the molecule is CCCCCCCCCCCCC/C=C/[C@@H](O)[C@H](CO[C@@H]1OC(CO)[C@@H](O[C@@H]2OC(CO)[C@H](O)[C@H](O[C@@H]3OC(CO)[C@@H](O[C@@H]4OC(CO)[C@H](O)[C@H](O[C@H]5OC(CO)[C@H](O)[C@H](O)C5NC(C)=O)C4O[C@H]4OC(C)[C@@H](O)C(O)[C@@H]4O)[C@H](O[C@H]4OC(C)[C@@H](O)C(O)[C@@H]4O)C3NC(C)=O)C2O)[C@H](O)C1O)NC(=O)CCCCCCCCCCCCCCCCCCCCC. The van der Waals surface area contributed by atoms with E-state index in [9.17, 15) is 111 Å². The number of hydrogen-bond acceptors (Lipinski definition) is 36. The third kappa shape index (κ3) is 32.9. The molecule has 125 heavy (non-hydrogen) atoms. The van der Waals surface area contributed by atoms with Gasteiger partial charge in [0.2, 0.25) is 17.7 Å². The molecule has 7 fully saturated rings. The fourth-order valence-electron chi connectivity index (χ4n) is 17.1. The smallest absolute Gasteiger partial charge is 0.220 e. The molecule has 7 aliphatic heterocycles. The average Bonchev–Trinajstić information content (AvgIpc) is 0.755. The molecule has 7 rings (SSSR count). The van der Waals surface area contributed by atoms with Crippen molar-refractivity contribution in [3.05, 3.63) is 12.2 Å². The average molecular weight is 1810 g/mol. The molecule has 0 bridgehead atoms. The van der Waals surface area contributed by atoms with Crippen LogP contribution < -0.4 is 16.0 Å². The molecule has 22 N–H and O–H groups in total. The van der Waals surface area contributed by atoms with Crippen LogP contribution in [0.5, 0.6) is 0 Å². The second kappa shape index (κ2) is 57.4. The van der Waals surface area contributed by atoms with Gasteiger partial charge in [0, 0.05) is 20.3 Å². The molecule has 39 nitrogen and oxygen atoms in total. The predicted octanol–water partition coefficient (Wildman–Crippen LogP) is -0.984. The van der Waals surface area contributed by atoms with E-state index in [-0.39, 0.29) is 12.3 Å². The van der Waals surface area contributed by atoms with Crippen LogP contribution in [0.1, 0.15) is 247 Å². The summed E-state index contributed by atoms with van der Waals surface area (Å²) in [6, 6.07) is -4.85. The minimum Gasteiger partial charge on any atom is -0.394 e. The maximum Gasteiger partial charge on any atom is 0.220 e. The fraction of sp³-hybridized carbons (Fsp3) is 0.942. The number of aliphatic hydroxyl groups is 19. The number of carbonyl (C=O) groups is 3. The molecule has 37 atom stereocenters. The zero-order valence-corrected chi connectivity index (χ0v) is 73.8. The first-order chi connectivity index (χ1) is 60.0. The van der Waals surface area contributed by atoms with Gasteiger partial charge in [0.15, 0.2) is 44.0 Å². The second-order valence-corrected chi connectivity index (χ2v) is 34.8. The van der Waals surface area contributed by atoms with Crippen LogP contribution in [0, 0.1) is 0 Å². The molecule has 0 saturated carbocycles. The lowest BCUT2D eigenvalue weighted by Gasteiger charge is -2.53. The monoisotopic (exact) mass is 1810 g/mol. The van der Waals surface area contributed by atoms with Crippen LogP contribution >= 0.6 is 0 Å². The topological polar surface area (TPSA) is 601 Å². The summed E-state index contributed by atoms with van der Waals surface area (Å²) in [6.07, 6.45) is -27.0. The molecule has 7 saturated heterocycles. The number of nitrogens with one attached hydrogen (secondary N) is 3. The van der Waals surface area contributed by atoms with Crippen molar-refractivity contribution < 1.29 is 178 Å². The summed E-state index contributed by atoms with van der Waals surface area (Å²) in [6.45, 7) is 3.14. The summed E-state index contributed by atoms with van der Waals surface area (Å²) in [7, 11) is 0. The highest BCUT2D eigenvalue weighted by atomic mass is 16.8. The predicted molar refractivity (Wildman–Crippen MR) is 442 cm³/mol. The van der Waals surface area contributed by atoms with Gasteiger partial charge in [-0.3, -0.25) is 14.4 Å². The Bertz CT molecular complexity index is 2970. The quantitative estimate of drug-likeness (QED) is 0.0257. The van der Waals surface area contributed by atoms with Gasteiger partial charge in [-0.2, -0.15) is 0 Å². The van der Waals surface area contributed by atoms with Gasteiger partial charge < -0.3 is 179 Å². The fourth-order valence-corrected chi connectivity index (χ4v) is 17.1. The highest BCUT2D eigenvalue weighted by Gasteiger charge is 2.61. The molecular weight excluding hydrogens is 1650 g/mol.